The van der Waals surface area contributed by atoms with Crippen molar-refractivity contribution in [1.29, 1.82) is 0 Å². The molecule has 16 heterocycles. The molecule has 0 atom stereocenters. The molecule has 24 rings (SSSR count). The number of aryl methyl sites for hydroxylation is 8. The molecule has 0 aliphatic heterocycles. The molecule has 0 bridgehead atoms. The lowest BCUT2D eigenvalue weighted by Gasteiger charge is -2.09. The molecule has 0 spiro atoms. The van der Waals surface area contributed by atoms with Crippen LogP contribution in [0, 0.1) is 0 Å². The van der Waals surface area contributed by atoms with Crippen molar-refractivity contribution in [3.8, 4) is 45.5 Å². The van der Waals surface area contributed by atoms with E-state index in [1.807, 2.05) is 350 Å². The van der Waals surface area contributed by atoms with Gasteiger partial charge in [0.1, 0.15) is 75.1 Å². The Kier molecular flexibility index (Phi) is 37.0. The number of nitrogens with zero attached hydrogens (tertiary/aromatic N) is 24. The van der Waals surface area contributed by atoms with E-state index in [0.717, 1.165) is 44.1 Å². The van der Waals surface area contributed by atoms with Gasteiger partial charge in [0, 0.05) is 98.1 Å². The van der Waals surface area contributed by atoms with Gasteiger partial charge in [-0.15, -0.1) is 0 Å². The van der Waals surface area contributed by atoms with Crippen molar-refractivity contribution in [1.82, 2.24) is 76.4 Å². The number of benzene rings is 8. The van der Waals surface area contributed by atoms with Crippen molar-refractivity contribution in [2.45, 2.75) is 0 Å². The summed E-state index contributed by atoms with van der Waals surface area (Å²) in [5.41, 5.74) is 27.7. The highest BCUT2D eigenvalue weighted by Crippen LogP contribution is 2.24. The van der Waals surface area contributed by atoms with E-state index < -0.39 is 29.6 Å². The fourth-order valence-electron chi connectivity index (χ4n) is 15.6. The molecule has 144 heavy (non-hydrogen) atoms. The standard InChI is InChI=1S/8C13H12N3.4BFO2/c8*1-15-10-16(11-5-3-2-4-6-11)12-7-8-14-9-13(12)15;4*2-1(3)4/h8*2-10H,1H3;;;;/q8*+1;4*-2. The van der Waals surface area contributed by atoms with Crippen molar-refractivity contribution in [3.63, 3.8) is 0 Å². The van der Waals surface area contributed by atoms with Crippen LogP contribution in [0.2, 0.25) is 0 Å². The topological polar surface area (TPSA) is 358 Å². The van der Waals surface area contributed by atoms with Gasteiger partial charge in [0.2, 0.25) is 50.6 Å². The molecule has 16 aromatic heterocycles. The smallest absolute Gasteiger partial charge is 0.249 e. The monoisotopic (exact) mass is 1930 g/mol. The Hall–Kier alpha value is -17.6. The molecular weight excluding hydrogens is 1830 g/mol. The summed E-state index contributed by atoms with van der Waals surface area (Å²) in [6.07, 6.45) is 46.2. The van der Waals surface area contributed by atoms with Gasteiger partial charge in [0.05, 0.1) is 106 Å². The first-order valence-electron chi connectivity index (χ1n) is 44.5. The predicted octanol–water partition coefficient (Wildman–Crippen LogP) is 5.45. The summed E-state index contributed by atoms with van der Waals surface area (Å²) in [6, 6.07) is 98.7. The number of fused-ring (bicyclic) bond motifs is 8. The number of hydrogen-bond donors (Lipinski definition) is 0. The Morgan fingerprint density at radius 1 is 0.167 bits per heavy atom. The van der Waals surface area contributed by atoms with E-state index in [-0.39, 0.29) is 0 Å². The van der Waals surface area contributed by atoms with Crippen molar-refractivity contribution in [2.75, 3.05) is 0 Å². The van der Waals surface area contributed by atoms with E-state index in [4.69, 9.17) is 40.2 Å². The number of rotatable bonds is 8. The van der Waals surface area contributed by atoms with Crippen molar-refractivity contribution >= 4 is 118 Å². The van der Waals surface area contributed by atoms with Crippen LogP contribution < -0.4 is 76.7 Å². The lowest BCUT2D eigenvalue weighted by molar-refractivity contribution is -0.645. The Morgan fingerprint density at radius 3 is 0.347 bits per heavy atom. The van der Waals surface area contributed by atoms with Crippen LogP contribution in [0.5, 0.6) is 0 Å². The maximum Gasteiger partial charge on any atom is 0.249 e. The molecule has 720 valence electrons. The Balaban J connectivity index is 0.000000135. The van der Waals surface area contributed by atoms with Gasteiger partial charge < -0.3 is 57.5 Å². The molecule has 0 saturated heterocycles. The van der Waals surface area contributed by atoms with Crippen LogP contribution in [0.3, 0.4) is 0 Å². The third-order valence-corrected chi connectivity index (χ3v) is 21.9. The number of pyridine rings is 8. The lowest BCUT2D eigenvalue weighted by Crippen LogP contribution is -2.39. The molecule has 0 fully saturated rings. The Bertz CT molecular complexity index is 6690. The summed E-state index contributed by atoms with van der Waals surface area (Å²) >= 11 is 0. The second-order valence-electron chi connectivity index (χ2n) is 31.5. The van der Waals surface area contributed by atoms with Gasteiger partial charge in [0.25, 0.3) is 0 Å². The summed E-state index contributed by atoms with van der Waals surface area (Å²) in [5.74, 6) is 0. The van der Waals surface area contributed by atoms with Crippen LogP contribution in [-0.4, -0.2) is 106 Å². The number of hydrogen-bond acceptors (Lipinski definition) is 16. The number of aromatic nitrogens is 24. The van der Waals surface area contributed by atoms with Crippen molar-refractivity contribution in [2.24, 2.45) is 56.4 Å². The van der Waals surface area contributed by atoms with E-state index in [1.54, 1.807) is 0 Å². The molecular formula is C104H96B4F4N24O8. The highest BCUT2D eigenvalue weighted by molar-refractivity contribution is 6.27. The quantitative estimate of drug-likeness (QED) is 0.104. The van der Waals surface area contributed by atoms with Crippen LogP contribution >= 0.6 is 0 Å². The summed E-state index contributed by atoms with van der Waals surface area (Å²) < 4.78 is 73.5. The molecule has 0 N–H and O–H groups in total. The van der Waals surface area contributed by atoms with Gasteiger partial charge in [-0.25, -0.2) is 36.5 Å². The van der Waals surface area contributed by atoms with Crippen LogP contribution in [-0.2, 0) is 56.4 Å². The first-order valence-corrected chi connectivity index (χ1v) is 44.5. The minimum absolute atomic E-state index is 1.13. The summed E-state index contributed by atoms with van der Waals surface area (Å²) in [5, 5.41) is 66.4. The lowest BCUT2D eigenvalue weighted by atomic mass is 10.3. The van der Waals surface area contributed by atoms with E-state index in [1.165, 1.54) is 89.6 Å². The van der Waals surface area contributed by atoms with Gasteiger partial charge in [-0.3, -0.25) is 39.9 Å². The third-order valence-electron chi connectivity index (χ3n) is 21.9. The predicted molar refractivity (Wildman–Crippen MR) is 525 cm³/mol. The third kappa shape index (κ3) is 27.5. The van der Waals surface area contributed by atoms with E-state index in [0.29, 0.717) is 0 Å². The number of imidazole rings is 8. The van der Waals surface area contributed by atoms with E-state index >= 15 is 0 Å². The SMILES string of the molecule is C[n+]1cn(-c2ccccc2)c2ccncc21.C[n+]1cn(-c2ccccc2)c2ccncc21.C[n+]1cn(-c2ccccc2)c2ccncc21.C[n+]1cn(-c2ccccc2)c2ccncc21.C[n+]1cn(-c2ccccc2)c2ccncc21.C[n+]1cn(-c2ccccc2)c2ccncc21.C[n+]1cn(-c2ccccc2)c2ccncc21.C[n+]1cn(-c2ccccc2)c2ccncc21.[O-]B([O-])F.[O-]B([O-])F.[O-]B([O-])F.[O-]B([O-])F. The minimum Gasteiger partial charge on any atom is -0.867 e. The fourth-order valence-corrected chi connectivity index (χ4v) is 15.6. The van der Waals surface area contributed by atoms with Gasteiger partial charge in [-0.05, 0) is 97.1 Å². The molecule has 0 unspecified atom stereocenters. The van der Waals surface area contributed by atoms with Crippen LogP contribution in [0.25, 0.3) is 134 Å². The maximum atomic E-state index is 9.89. The molecule has 0 radical (unpaired) electrons. The first-order chi connectivity index (χ1) is 69.8. The zero-order chi connectivity index (χ0) is 102. The van der Waals surface area contributed by atoms with Crippen molar-refractivity contribution < 1.29 is 94.0 Å². The molecule has 0 saturated carbocycles. The fraction of sp³-hybridized carbons (Fsp3) is 0.0769. The molecule has 0 aliphatic carbocycles. The minimum atomic E-state index is -3.17. The highest BCUT2D eigenvalue weighted by Gasteiger charge is 2.22. The Labute approximate surface area is 826 Å². The normalized spacial score (nSPS) is 10.4. The van der Waals surface area contributed by atoms with Crippen LogP contribution in [0.4, 0.5) is 17.3 Å². The largest absolute Gasteiger partial charge is 0.867 e. The average molecular weight is 1930 g/mol. The average Bonchev–Trinajstić information content (AvgIpc) is 1.70. The number of halogens is 4. The highest BCUT2D eigenvalue weighted by atomic mass is 19.1. The zero-order valence-corrected chi connectivity index (χ0v) is 79.4. The molecule has 8 aromatic carbocycles. The van der Waals surface area contributed by atoms with Gasteiger partial charge >= 0.3 is 0 Å². The summed E-state index contributed by atoms with van der Waals surface area (Å²) in [4.78, 5) is 33.2. The Morgan fingerprint density at radius 2 is 0.257 bits per heavy atom. The maximum absolute atomic E-state index is 9.89. The summed E-state index contributed by atoms with van der Waals surface area (Å²) in [7, 11) is 3.58. The van der Waals surface area contributed by atoms with E-state index in [2.05, 4.69) is 261 Å². The molecule has 0 amide bonds. The van der Waals surface area contributed by atoms with Gasteiger partial charge in [-0.2, -0.15) is 36.5 Å². The first kappa shape index (κ1) is 104. The molecule has 0 aliphatic rings. The summed E-state index contributed by atoms with van der Waals surface area (Å²) in [6.45, 7) is 0. The second-order valence-corrected chi connectivity index (χ2v) is 31.5. The van der Waals surface area contributed by atoms with Gasteiger partial charge in [-0.1, -0.05) is 146 Å². The zero-order valence-electron chi connectivity index (χ0n) is 79.4. The molecule has 24 aromatic rings. The van der Waals surface area contributed by atoms with Crippen LogP contribution in [0.1, 0.15) is 0 Å². The van der Waals surface area contributed by atoms with Crippen molar-refractivity contribution in [3.05, 3.63) is 441 Å². The van der Waals surface area contributed by atoms with Gasteiger partial charge in [0.15, 0.2) is 88.3 Å². The number of para-hydroxylation sites is 8. The second kappa shape index (κ2) is 51.3. The van der Waals surface area contributed by atoms with E-state index in [9.17, 15) is 17.3 Å². The molecule has 40 heteroatoms. The van der Waals surface area contributed by atoms with Crippen LogP contribution in [0.15, 0.2) is 441 Å². The molecule has 32 nitrogen and oxygen atoms in total.